The van der Waals surface area contributed by atoms with Gasteiger partial charge in [0.1, 0.15) is 6.61 Å². The first-order valence-corrected chi connectivity index (χ1v) is 9.75. The van der Waals surface area contributed by atoms with Gasteiger partial charge in [-0.3, -0.25) is 0 Å². The fourth-order valence-corrected chi connectivity index (χ4v) is 2.57. The Balaban J connectivity index is 2.14. The minimum absolute atomic E-state index is 0.304. The summed E-state index contributed by atoms with van der Waals surface area (Å²) in [6.45, 7) is 2.72. The fraction of sp³-hybridized carbons (Fsp3) is 0.222. The molecule has 0 amide bonds. The summed E-state index contributed by atoms with van der Waals surface area (Å²) in [5, 5.41) is 9.34. The van der Waals surface area contributed by atoms with Crippen LogP contribution in [0.4, 0.5) is 0 Å². The average molecular weight is 412 g/mol. The molecule has 0 spiro atoms. The minimum Gasteiger partial charge on any atom is -0.490 e. The molecule has 2 N–H and O–H groups in total. The van der Waals surface area contributed by atoms with Gasteiger partial charge in [-0.15, -0.1) is 5.10 Å². The molecule has 0 radical (unpaired) electrons. The molecule has 0 aromatic heterocycles. The minimum atomic E-state index is 0.304. The van der Waals surface area contributed by atoms with E-state index in [1.54, 1.807) is 18.3 Å². The van der Waals surface area contributed by atoms with Crippen LogP contribution >= 0.6 is 35.0 Å². The molecular formula is C18H19Cl2N3O2S. The maximum atomic E-state index is 6.18. The predicted molar refractivity (Wildman–Crippen MR) is 111 cm³/mol. The summed E-state index contributed by atoms with van der Waals surface area (Å²) in [6.07, 6.45) is 3.44. The number of rotatable bonds is 7. The SMILES string of the molecule is CCOc1cc(/C=N\N=C(/N)SC)ccc1OCc1ccc(Cl)cc1Cl. The Bertz CT molecular complexity index is 813. The first-order valence-electron chi connectivity index (χ1n) is 7.77. The molecule has 2 aromatic carbocycles. The number of hydrogen-bond donors (Lipinski definition) is 1. The Labute approximate surface area is 167 Å². The molecule has 0 aliphatic heterocycles. The van der Waals surface area contributed by atoms with Gasteiger partial charge in [0, 0.05) is 15.6 Å². The zero-order chi connectivity index (χ0) is 18.9. The maximum absolute atomic E-state index is 6.18. The number of benzene rings is 2. The van der Waals surface area contributed by atoms with Gasteiger partial charge >= 0.3 is 0 Å². The molecule has 0 saturated carbocycles. The lowest BCUT2D eigenvalue weighted by molar-refractivity contribution is 0.269. The van der Waals surface area contributed by atoms with E-state index in [4.69, 9.17) is 38.4 Å². The Morgan fingerprint density at radius 2 is 1.96 bits per heavy atom. The van der Waals surface area contributed by atoms with Gasteiger partial charge in [-0.2, -0.15) is 5.10 Å². The second-order valence-corrected chi connectivity index (χ2v) is 6.72. The zero-order valence-electron chi connectivity index (χ0n) is 14.4. The summed E-state index contributed by atoms with van der Waals surface area (Å²) in [7, 11) is 0. The van der Waals surface area contributed by atoms with Crippen molar-refractivity contribution in [3.05, 3.63) is 57.6 Å². The van der Waals surface area contributed by atoms with Gasteiger partial charge in [0.05, 0.1) is 12.8 Å². The zero-order valence-corrected chi connectivity index (χ0v) is 16.7. The van der Waals surface area contributed by atoms with Crippen LogP contribution in [0, 0.1) is 0 Å². The summed E-state index contributed by atoms with van der Waals surface area (Å²) >= 11 is 13.4. The van der Waals surface area contributed by atoms with Gasteiger partial charge in [0.2, 0.25) is 0 Å². The van der Waals surface area contributed by atoms with Crippen molar-refractivity contribution in [1.82, 2.24) is 0 Å². The molecule has 0 saturated heterocycles. The topological polar surface area (TPSA) is 69.2 Å². The average Bonchev–Trinajstić information content (AvgIpc) is 2.62. The lowest BCUT2D eigenvalue weighted by atomic mass is 10.2. The van der Waals surface area contributed by atoms with Gasteiger partial charge in [0.15, 0.2) is 16.7 Å². The standard InChI is InChI=1S/C18H19Cl2N3O2S/c1-3-24-17-8-12(10-22-23-18(21)26-2)4-7-16(17)25-11-13-5-6-14(19)9-15(13)20/h4-10H,3,11H2,1-2H3,(H2,21,23)/b22-10-. The van der Waals surface area contributed by atoms with Crippen LogP contribution in [0.5, 0.6) is 11.5 Å². The van der Waals surface area contributed by atoms with Crippen molar-refractivity contribution in [3.63, 3.8) is 0 Å². The van der Waals surface area contributed by atoms with Crippen LogP contribution in [0.25, 0.3) is 0 Å². The van der Waals surface area contributed by atoms with Crippen molar-refractivity contribution in [2.75, 3.05) is 12.9 Å². The fourth-order valence-electron chi connectivity index (χ4n) is 1.98. The van der Waals surface area contributed by atoms with Crippen molar-refractivity contribution in [1.29, 1.82) is 0 Å². The van der Waals surface area contributed by atoms with E-state index in [1.165, 1.54) is 11.8 Å². The first kappa shape index (κ1) is 20.4. The number of halogens is 2. The predicted octanol–water partition coefficient (Wildman–Crippen LogP) is 4.98. The Kier molecular flexibility index (Phi) is 8.09. The van der Waals surface area contributed by atoms with Crippen LogP contribution in [-0.4, -0.2) is 24.2 Å². The van der Waals surface area contributed by atoms with E-state index in [1.807, 2.05) is 37.4 Å². The molecule has 8 heteroatoms. The molecule has 0 unspecified atom stereocenters. The third-order valence-corrected chi connectivity index (χ3v) is 4.33. The van der Waals surface area contributed by atoms with Crippen molar-refractivity contribution >= 4 is 46.3 Å². The number of thioether (sulfide) groups is 1. The van der Waals surface area contributed by atoms with Gasteiger partial charge in [-0.1, -0.05) is 41.0 Å². The first-order chi connectivity index (χ1) is 12.5. The number of hydrogen-bond acceptors (Lipinski definition) is 5. The lowest BCUT2D eigenvalue weighted by Crippen LogP contribution is -2.04. The van der Waals surface area contributed by atoms with Gasteiger partial charge in [-0.25, -0.2) is 0 Å². The van der Waals surface area contributed by atoms with E-state index >= 15 is 0 Å². The smallest absolute Gasteiger partial charge is 0.180 e. The summed E-state index contributed by atoms with van der Waals surface area (Å²) in [5.41, 5.74) is 7.25. The Hall–Kier alpha value is -1.89. The molecule has 5 nitrogen and oxygen atoms in total. The van der Waals surface area contributed by atoms with Crippen molar-refractivity contribution in [2.24, 2.45) is 15.9 Å². The molecule has 0 fully saturated rings. The van der Waals surface area contributed by atoms with Crippen molar-refractivity contribution in [2.45, 2.75) is 13.5 Å². The molecule has 0 heterocycles. The highest BCUT2D eigenvalue weighted by molar-refractivity contribution is 8.13. The van der Waals surface area contributed by atoms with Crippen LogP contribution < -0.4 is 15.2 Å². The van der Waals surface area contributed by atoms with Crippen molar-refractivity contribution in [3.8, 4) is 11.5 Å². The lowest BCUT2D eigenvalue weighted by Gasteiger charge is -2.13. The van der Waals surface area contributed by atoms with E-state index in [-0.39, 0.29) is 0 Å². The van der Waals surface area contributed by atoms with Crippen LogP contribution in [0.15, 0.2) is 46.6 Å². The van der Waals surface area contributed by atoms with Crippen molar-refractivity contribution < 1.29 is 9.47 Å². The normalized spacial score (nSPS) is 11.8. The third-order valence-electron chi connectivity index (χ3n) is 3.24. The second kappa shape index (κ2) is 10.3. The van der Waals surface area contributed by atoms with Crippen LogP contribution in [0.3, 0.4) is 0 Å². The number of ether oxygens (including phenoxy) is 2. The summed E-state index contributed by atoms with van der Waals surface area (Å²) < 4.78 is 11.5. The molecule has 2 rings (SSSR count). The largest absolute Gasteiger partial charge is 0.490 e. The third kappa shape index (κ3) is 6.12. The highest BCUT2D eigenvalue weighted by Crippen LogP contribution is 2.30. The Morgan fingerprint density at radius 3 is 2.65 bits per heavy atom. The molecular weight excluding hydrogens is 393 g/mol. The summed E-state index contributed by atoms with van der Waals surface area (Å²) in [6, 6.07) is 10.8. The molecule has 2 aromatic rings. The van der Waals surface area contributed by atoms with Gasteiger partial charge in [-0.05, 0) is 49.1 Å². The van der Waals surface area contributed by atoms with E-state index in [9.17, 15) is 0 Å². The van der Waals surface area contributed by atoms with E-state index in [2.05, 4.69) is 10.2 Å². The number of amidine groups is 1. The summed E-state index contributed by atoms with van der Waals surface area (Å²) in [4.78, 5) is 0. The van der Waals surface area contributed by atoms with Crippen LogP contribution in [0.1, 0.15) is 18.1 Å². The van der Waals surface area contributed by atoms with Gasteiger partial charge in [0.25, 0.3) is 0 Å². The molecule has 0 bridgehead atoms. The highest BCUT2D eigenvalue weighted by atomic mass is 35.5. The Morgan fingerprint density at radius 1 is 1.15 bits per heavy atom. The summed E-state index contributed by atoms with van der Waals surface area (Å²) in [5.74, 6) is 1.23. The molecule has 0 atom stereocenters. The van der Waals surface area contributed by atoms with Crippen LogP contribution in [-0.2, 0) is 6.61 Å². The molecule has 0 aliphatic rings. The van der Waals surface area contributed by atoms with E-state index in [0.717, 1.165) is 11.1 Å². The number of nitrogens with two attached hydrogens (primary N) is 1. The van der Waals surface area contributed by atoms with Gasteiger partial charge < -0.3 is 15.2 Å². The number of nitrogens with zero attached hydrogens (tertiary/aromatic N) is 2. The molecule has 138 valence electrons. The van der Waals surface area contributed by atoms with E-state index < -0.39 is 0 Å². The molecule has 0 aliphatic carbocycles. The van der Waals surface area contributed by atoms with E-state index in [0.29, 0.717) is 39.9 Å². The second-order valence-electron chi connectivity index (χ2n) is 5.05. The monoisotopic (exact) mass is 411 g/mol. The molecule has 26 heavy (non-hydrogen) atoms. The highest BCUT2D eigenvalue weighted by Gasteiger charge is 2.08. The van der Waals surface area contributed by atoms with Crippen LogP contribution in [0.2, 0.25) is 10.0 Å². The quantitative estimate of drug-likeness (QED) is 0.396. The maximum Gasteiger partial charge on any atom is 0.180 e.